The first-order chi connectivity index (χ1) is 11.0. The van der Waals surface area contributed by atoms with Gasteiger partial charge in [0.25, 0.3) is 0 Å². The second-order valence-electron chi connectivity index (χ2n) is 5.06. The number of halogens is 1. The Hall–Kier alpha value is -2.80. The number of carbonyl (C=O) groups excluding carboxylic acids is 2. The molecular weight excluding hydrogens is 364 g/mol. The number of ketones is 2. The Labute approximate surface area is 137 Å². The standard InChI is InChI=1S/C16H7BrN2O4/c17-7-3-4-9-10(16(22)23)11-13(19(9)6-7)15(21)12-8(14(11)20)2-1-5-18-12/h1-6H,(H,22,23). The Morgan fingerprint density at radius 3 is 2.70 bits per heavy atom. The maximum absolute atomic E-state index is 12.8. The minimum atomic E-state index is -1.25. The number of carboxylic acid groups (broad SMARTS) is 1. The van der Waals surface area contributed by atoms with Crippen molar-refractivity contribution in [2.75, 3.05) is 0 Å². The van der Waals surface area contributed by atoms with E-state index in [4.69, 9.17) is 0 Å². The van der Waals surface area contributed by atoms with E-state index in [9.17, 15) is 19.5 Å². The Balaban J connectivity index is 2.21. The number of hydrogen-bond acceptors (Lipinski definition) is 4. The van der Waals surface area contributed by atoms with Crippen LogP contribution < -0.4 is 0 Å². The number of fused-ring (bicyclic) bond motifs is 4. The third-order valence-corrected chi connectivity index (χ3v) is 4.29. The normalized spacial score (nSPS) is 13.1. The van der Waals surface area contributed by atoms with Crippen LogP contribution in [0.2, 0.25) is 0 Å². The summed E-state index contributed by atoms with van der Waals surface area (Å²) < 4.78 is 2.09. The summed E-state index contributed by atoms with van der Waals surface area (Å²) in [5.41, 5.74) is 0.250. The van der Waals surface area contributed by atoms with Crippen molar-refractivity contribution in [2.24, 2.45) is 0 Å². The molecular formula is C16H7BrN2O4. The summed E-state index contributed by atoms with van der Waals surface area (Å²) >= 11 is 3.29. The molecule has 3 aromatic rings. The lowest BCUT2D eigenvalue weighted by atomic mass is 9.89. The molecule has 0 unspecified atom stereocenters. The fourth-order valence-corrected chi connectivity index (χ4v) is 3.24. The Morgan fingerprint density at radius 1 is 1.17 bits per heavy atom. The summed E-state index contributed by atoms with van der Waals surface area (Å²) in [6.07, 6.45) is 3.00. The van der Waals surface area contributed by atoms with Crippen LogP contribution in [0.1, 0.15) is 42.5 Å². The maximum Gasteiger partial charge on any atom is 0.338 e. The highest BCUT2D eigenvalue weighted by Gasteiger charge is 2.38. The van der Waals surface area contributed by atoms with Crippen molar-refractivity contribution in [2.45, 2.75) is 0 Å². The molecule has 23 heavy (non-hydrogen) atoms. The molecule has 1 aliphatic carbocycles. The van der Waals surface area contributed by atoms with Gasteiger partial charge in [0.05, 0.1) is 22.2 Å². The number of carbonyl (C=O) groups is 3. The van der Waals surface area contributed by atoms with Gasteiger partial charge in [-0.2, -0.15) is 0 Å². The van der Waals surface area contributed by atoms with Crippen LogP contribution >= 0.6 is 15.9 Å². The van der Waals surface area contributed by atoms with E-state index in [2.05, 4.69) is 20.9 Å². The van der Waals surface area contributed by atoms with Crippen molar-refractivity contribution in [1.82, 2.24) is 9.38 Å². The zero-order chi connectivity index (χ0) is 16.3. The molecule has 0 radical (unpaired) electrons. The lowest BCUT2D eigenvalue weighted by molar-refractivity contribution is 0.0695. The summed E-state index contributed by atoms with van der Waals surface area (Å²) in [5, 5.41) is 9.54. The van der Waals surface area contributed by atoms with Gasteiger partial charge in [-0.1, -0.05) is 0 Å². The lowest BCUT2D eigenvalue weighted by Gasteiger charge is -2.14. The molecule has 3 heterocycles. The highest BCUT2D eigenvalue weighted by Crippen LogP contribution is 2.33. The van der Waals surface area contributed by atoms with Crippen molar-refractivity contribution in [3.8, 4) is 0 Å². The zero-order valence-electron chi connectivity index (χ0n) is 11.4. The second-order valence-corrected chi connectivity index (χ2v) is 5.98. The van der Waals surface area contributed by atoms with Gasteiger partial charge in [0, 0.05) is 16.9 Å². The summed E-state index contributed by atoms with van der Waals surface area (Å²) in [4.78, 5) is 41.2. The van der Waals surface area contributed by atoms with Crippen LogP contribution in [0.3, 0.4) is 0 Å². The van der Waals surface area contributed by atoms with Gasteiger partial charge in [-0.25, -0.2) is 4.79 Å². The number of pyridine rings is 2. The predicted octanol–water partition coefficient (Wildman–Crippen LogP) is 2.57. The topological polar surface area (TPSA) is 88.7 Å². The van der Waals surface area contributed by atoms with Crippen LogP contribution in [0.4, 0.5) is 0 Å². The van der Waals surface area contributed by atoms with Gasteiger partial charge in [0.2, 0.25) is 5.78 Å². The predicted molar refractivity (Wildman–Crippen MR) is 83.2 cm³/mol. The van der Waals surface area contributed by atoms with E-state index in [0.29, 0.717) is 9.99 Å². The van der Waals surface area contributed by atoms with Crippen molar-refractivity contribution in [1.29, 1.82) is 0 Å². The molecule has 3 aromatic heterocycles. The zero-order valence-corrected chi connectivity index (χ0v) is 13.0. The van der Waals surface area contributed by atoms with Gasteiger partial charge in [0.15, 0.2) is 5.78 Å². The molecule has 0 amide bonds. The average molecular weight is 371 g/mol. The van der Waals surface area contributed by atoms with Crippen LogP contribution in [-0.4, -0.2) is 32.0 Å². The van der Waals surface area contributed by atoms with Gasteiger partial charge in [-0.3, -0.25) is 14.6 Å². The summed E-state index contributed by atoms with van der Waals surface area (Å²) in [6, 6.07) is 6.25. The van der Waals surface area contributed by atoms with Crippen molar-refractivity contribution in [3.05, 3.63) is 69.2 Å². The second kappa shape index (κ2) is 4.60. The molecule has 0 aliphatic heterocycles. The first-order valence-corrected chi connectivity index (χ1v) is 7.41. The fourth-order valence-electron chi connectivity index (χ4n) is 2.91. The van der Waals surface area contributed by atoms with Crippen LogP contribution in [-0.2, 0) is 0 Å². The molecule has 0 atom stereocenters. The molecule has 4 rings (SSSR count). The largest absolute Gasteiger partial charge is 0.478 e. The number of aromatic carboxylic acids is 1. The van der Waals surface area contributed by atoms with E-state index in [0.717, 1.165) is 0 Å². The monoisotopic (exact) mass is 370 g/mol. The van der Waals surface area contributed by atoms with E-state index in [1.165, 1.54) is 16.7 Å². The number of nitrogens with zero attached hydrogens (tertiary/aromatic N) is 2. The van der Waals surface area contributed by atoms with Gasteiger partial charge in [-0.05, 0) is 40.2 Å². The third-order valence-electron chi connectivity index (χ3n) is 3.82. The van der Waals surface area contributed by atoms with Crippen molar-refractivity contribution in [3.63, 3.8) is 0 Å². The van der Waals surface area contributed by atoms with E-state index in [-0.39, 0.29) is 28.1 Å². The first kappa shape index (κ1) is 13.8. The maximum atomic E-state index is 12.8. The minimum absolute atomic E-state index is 0.0369. The Morgan fingerprint density at radius 2 is 1.96 bits per heavy atom. The summed E-state index contributed by atoms with van der Waals surface area (Å²) in [7, 11) is 0. The molecule has 7 heteroatoms. The van der Waals surface area contributed by atoms with Crippen LogP contribution in [0, 0.1) is 0 Å². The molecule has 0 spiro atoms. The molecule has 1 aliphatic rings. The third kappa shape index (κ3) is 1.74. The Bertz CT molecular complexity index is 1050. The molecule has 6 nitrogen and oxygen atoms in total. The van der Waals surface area contributed by atoms with E-state index in [1.54, 1.807) is 24.4 Å². The van der Waals surface area contributed by atoms with Gasteiger partial charge >= 0.3 is 5.97 Å². The van der Waals surface area contributed by atoms with Crippen LogP contribution in [0.25, 0.3) is 5.52 Å². The number of aromatic nitrogens is 2. The average Bonchev–Trinajstić information content (AvgIpc) is 2.87. The molecule has 0 aromatic carbocycles. The van der Waals surface area contributed by atoms with E-state index < -0.39 is 17.5 Å². The Kier molecular flexibility index (Phi) is 2.76. The van der Waals surface area contributed by atoms with Gasteiger partial charge in [-0.15, -0.1) is 0 Å². The smallest absolute Gasteiger partial charge is 0.338 e. The molecule has 0 fully saturated rings. The number of carboxylic acids is 1. The molecule has 0 bridgehead atoms. The molecule has 0 saturated heterocycles. The molecule has 1 N–H and O–H groups in total. The quantitative estimate of drug-likeness (QED) is 0.556. The van der Waals surface area contributed by atoms with Gasteiger partial charge in [0.1, 0.15) is 11.4 Å². The lowest BCUT2D eigenvalue weighted by Crippen LogP contribution is -2.23. The summed E-state index contributed by atoms with van der Waals surface area (Å²) in [6.45, 7) is 0. The van der Waals surface area contributed by atoms with Gasteiger partial charge < -0.3 is 9.51 Å². The molecule has 112 valence electrons. The minimum Gasteiger partial charge on any atom is -0.478 e. The highest BCUT2D eigenvalue weighted by atomic mass is 79.9. The number of rotatable bonds is 1. The molecule has 0 saturated carbocycles. The van der Waals surface area contributed by atoms with Crippen molar-refractivity contribution < 1.29 is 19.5 Å². The van der Waals surface area contributed by atoms with E-state index >= 15 is 0 Å². The van der Waals surface area contributed by atoms with Crippen LogP contribution in [0.15, 0.2) is 41.1 Å². The van der Waals surface area contributed by atoms with Crippen LogP contribution in [0.5, 0.6) is 0 Å². The SMILES string of the molecule is O=C1c2cccnc2C(=O)c2c1c(C(=O)O)c1ccc(Br)cn21. The van der Waals surface area contributed by atoms with Crippen molar-refractivity contribution >= 4 is 39.0 Å². The fraction of sp³-hybridized carbons (Fsp3) is 0. The van der Waals surface area contributed by atoms with E-state index in [1.807, 2.05) is 0 Å². The highest BCUT2D eigenvalue weighted by molar-refractivity contribution is 9.10. The summed E-state index contributed by atoms with van der Waals surface area (Å²) in [5.74, 6) is -2.21. The number of hydrogen-bond donors (Lipinski definition) is 1. The first-order valence-electron chi connectivity index (χ1n) is 6.62.